The molecule has 0 amide bonds. The molecule has 64 valence electrons. The molecule has 0 aliphatic carbocycles. The predicted octanol–water partition coefficient (Wildman–Crippen LogP) is 1.76. The van der Waals surface area contributed by atoms with Gasteiger partial charge in [0.2, 0.25) is 0 Å². The quantitative estimate of drug-likeness (QED) is 0.469. The lowest BCUT2D eigenvalue weighted by Crippen LogP contribution is -2.22. The van der Waals surface area contributed by atoms with Crippen molar-refractivity contribution in [1.82, 2.24) is 0 Å². The zero-order chi connectivity index (χ0) is 9.02. The number of esters is 1. The summed E-state index contributed by atoms with van der Waals surface area (Å²) in [7, 11) is 0. The highest BCUT2D eigenvalue weighted by atomic mass is 19.3. The van der Waals surface area contributed by atoms with Gasteiger partial charge in [0.1, 0.15) is 0 Å². The van der Waals surface area contributed by atoms with Crippen molar-refractivity contribution >= 4 is 5.97 Å². The van der Waals surface area contributed by atoms with Gasteiger partial charge in [-0.1, -0.05) is 6.58 Å². The van der Waals surface area contributed by atoms with Crippen molar-refractivity contribution in [3.8, 4) is 0 Å². The van der Waals surface area contributed by atoms with Gasteiger partial charge >= 0.3 is 5.97 Å². The van der Waals surface area contributed by atoms with E-state index in [9.17, 15) is 13.6 Å². The third-order valence-electron chi connectivity index (χ3n) is 0.996. The molecular weight excluding hydrogens is 154 g/mol. The number of hydrogen-bond donors (Lipinski definition) is 0. The average Bonchev–Trinajstić information content (AvgIpc) is 1.87. The molecule has 0 aromatic carbocycles. The topological polar surface area (TPSA) is 26.3 Å². The molecule has 0 rings (SSSR count). The maximum absolute atomic E-state index is 11.7. The molecule has 4 heteroatoms. The summed E-state index contributed by atoms with van der Waals surface area (Å²) < 4.78 is 27.8. The molecule has 1 unspecified atom stereocenters. The highest BCUT2D eigenvalue weighted by molar-refractivity contribution is 5.87. The van der Waals surface area contributed by atoms with E-state index in [1.165, 1.54) is 6.92 Å². The van der Waals surface area contributed by atoms with Gasteiger partial charge in [0.05, 0.1) is 0 Å². The first-order chi connectivity index (χ1) is 4.95. The molecule has 0 aromatic rings. The number of carbonyl (C=O) groups is 1. The average molecular weight is 164 g/mol. The zero-order valence-electron chi connectivity index (χ0n) is 6.43. The Bertz CT molecular complexity index is 166. The number of hydrogen-bond acceptors (Lipinski definition) is 2. The first-order valence-corrected chi connectivity index (χ1v) is 3.09. The summed E-state index contributed by atoms with van der Waals surface area (Å²) in [5, 5.41) is 0. The second kappa shape index (κ2) is 4.05. The summed E-state index contributed by atoms with van der Waals surface area (Å²) in [6.45, 7) is 5.78. The lowest BCUT2D eigenvalue weighted by Gasteiger charge is -2.11. The summed E-state index contributed by atoms with van der Waals surface area (Å²) in [5.74, 6) is -0.780. The summed E-state index contributed by atoms with van der Waals surface area (Å²) in [6, 6.07) is 0. The molecule has 0 aliphatic heterocycles. The molecule has 0 spiro atoms. The minimum Gasteiger partial charge on any atom is -0.453 e. The van der Waals surface area contributed by atoms with Crippen LogP contribution in [-0.2, 0) is 9.53 Å². The van der Waals surface area contributed by atoms with Crippen molar-refractivity contribution in [3.05, 3.63) is 12.2 Å². The van der Waals surface area contributed by atoms with Crippen LogP contribution in [0.1, 0.15) is 13.8 Å². The minimum absolute atomic E-state index is 0.123. The van der Waals surface area contributed by atoms with E-state index in [0.29, 0.717) is 0 Å². The molecular formula is C7H10F2O2. The minimum atomic E-state index is -2.64. The Labute approximate surface area is 63.8 Å². The molecule has 1 atom stereocenters. The lowest BCUT2D eigenvalue weighted by atomic mass is 10.3. The molecule has 0 fully saturated rings. The molecule has 0 radical (unpaired) electrons. The zero-order valence-corrected chi connectivity index (χ0v) is 6.43. The highest BCUT2D eigenvalue weighted by Gasteiger charge is 2.18. The molecule has 0 aromatic heterocycles. The molecule has 0 bridgehead atoms. The van der Waals surface area contributed by atoms with Gasteiger partial charge in [-0.05, 0) is 13.8 Å². The van der Waals surface area contributed by atoms with Crippen molar-refractivity contribution in [2.45, 2.75) is 26.4 Å². The van der Waals surface area contributed by atoms with Crippen LogP contribution in [0.15, 0.2) is 12.2 Å². The van der Waals surface area contributed by atoms with E-state index in [0.717, 1.165) is 6.92 Å². The van der Waals surface area contributed by atoms with Crippen LogP contribution in [0.4, 0.5) is 8.78 Å². The van der Waals surface area contributed by atoms with E-state index < -0.39 is 18.5 Å². The van der Waals surface area contributed by atoms with Gasteiger partial charge in [-0.25, -0.2) is 13.6 Å². The van der Waals surface area contributed by atoms with Crippen LogP contribution in [0.3, 0.4) is 0 Å². The van der Waals surface area contributed by atoms with Gasteiger partial charge in [0, 0.05) is 5.57 Å². The van der Waals surface area contributed by atoms with Crippen LogP contribution >= 0.6 is 0 Å². The van der Waals surface area contributed by atoms with Gasteiger partial charge in [-0.2, -0.15) is 0 Å². The molecule has 2 nitrogen and oxygen atoms in total. The number of halogens is 2. The van der Waals surface area contributed by atoms with Crippen molar-refractivity contribution < 1.29 is 18.3 Å². The van der Waals surface area contributed by atoms with Crippen LogP contribution in [0.25, 0.3) is 0 Å². The van der Waals surface area contributed by atoms with Crippen LogP contribution in [0, 0.1) is 0 Å². The fourth-order valence-electron chi connectivity index (χ4n) is 0.321. The summed E-state index contributed by atoms with van der Waals surface area (Å²) >= 11 is 0. The highest BCUT2D eigenvalue weighted by Crippen LogP contribution is 2.06. The van der Waals surface area contributed by atoms with Crippen molar-refractivity contribution in [3.63, 3.8) is 0 Å². The van der Waals surface area contributed by atoms with E-state index in [1.54, 1.807) is 0 Å². The molecule has 0 N–H and O–H groups in total. The van der Waals surface area contributed by atoms with E-state index in [4.69, 9.17) is 0 Å². The molecule has 11 heavy (non-hydrogen) atoms. The first kappa shape index (κ1) is 10.1. The summed E-state index contributed by atoms with van der Waals surface area (Å²) in [5.41, 5.74) is 0.123. The standard InChI is InChI=1S/C7H10F2O2/c1-4(2)7(10)11-5(3)6(8)9/h5-6H,1H2,2-3H3. The maximum atomic E-state index is 11.7. The van der Waals surface area contributed by atoms with Gasteiger partial charge < -0.3 is 4.74 Å². The molecule has 0 aliphatic rings. The SMILES string of the molecule is C=C(C)C(=O)OC(C)C(F)F. The number of ether oxygens (including phenoxy) is 1. The number of rotatable bonds is 3. The first-order valence-electron chi connectivity index (χ1n) is 3.09. The number of alkyl halides is 2. The van der Waals surface area contributed by atoms with Crippen molar-refractivity contribution in [1.29, 1.82) is 0 Å². The van der Waals surface area contributed by atoms with Gasteiger partial charge in [-0.15, -0.1) is 0 Å². The fraction of sp³-hybridized carbons (Fsp3) is 0.571. The maximum Gasteiger partial charge on any atom is 0.333 e. The van der Waals surface area contributed by atoms with Gasteiger partial charge in [-0.3, -0.25) is 0 Å². The molecule has 0 heterocycles. The van der Waals surface area contributed by atoms with E-state index in [1.807, 2.05) is 0 Å². The second-order valence-corrected chi connectivity index (χ2v) is 2.23. The monoisotopic (exact) mass is 164 g/mol. The Morgan fingerprint density at radius 3 is 2.27 bits per heavy atom. The van der Waals surface area contributed by atoms with Crippen LogP contribution in [-0.4, -0.2) is 18.5 Å². The second-order valence-electron chi connectivity index (χ2n) is 2.23. The number of carbonyl (C=O) groups excluding carboxylic acids is 1. The van der Waals surface area contributed by atoms with E-state index in [-0.39, 0.29) is 5.57 Å². The Morgan fingerprint density at radius 1 is 1.55 bits per heavy atom. The fourth-order valence-corrected chi connectivity index (χ4v) is 0.321. The summed E-state index contributed by atoms with van der Waals surface area (Å²) in [6.07, 6.45) is -4.00. The molecule has 0 saturated heterocycles. The largest absolute Gasteiger partial charge is 0.453 e. The summed E-state index contributed by atoms with van der Waals surface area (Å²) in [4.78, 5) is 10.6. The van der Waals surface area contributed by atoms with E-state index >= 15 is 0 Å². The van der Waals surface area contributed by atoms with Gasteiger partial charge in [0.25, 0.3) is 6.43 Å². The van der Waals surface area contributed by atoms with E-state index in [2.05, 4.69) is 11.3 Å². The predicted molar refractivity (Wildman–Crippen MR) is 36.4 cm³/mol. The van der Waals surface area contributed by atoms with Crippen LogP contribution in [0.5, 0.6) is 0 Å². The Balaban J connectivity index is 3.85. The Morgan fingerprint density at radius 2 is 2.00 bits per heavy atom. The lowest BCUT2D eigenvalue weighted by molar-refractivity contribution is -0.150. The Hall–Kier alpha value is -0.930. The normalized spacial score (nSPS) is 12.8. The van der Waals surface area contributed by atoms with Crippen molar-refractivity contribution in [2.75, 3.05) is 0 Å². The third kappa shape index (κ3) is 3.70. The smallest absolute Gasteiger partial charge is 0.333 e. The Kier molecular flexibility index (Phi) is 3.71. The van der Waals surface area contributed by atoms with Crippen molar-refractivity contribution in [2.24, 2.45) is 0 Å². The third-order valence-corrected chi connectivity index (χ3v) is 0.996. The molecule has 0 saturated carbocycles. The van der Waals surface area contributed by atoms with Crippen LogP contribution < -0.4 is 0 Å². The van der Waals surface area contributed by atoms with Gasteiger partial charge in [0.15, 0.2) is 6.10 Å². The van der Waals surface area contributed by atoms with Crippen LogP contribution in [0.2, 0.25) is 0 Å².